The Bertz CT molecular complexity index is 1960. The quantitative estimate of drug-likeness (QED) is 0.304. The van der Waals surface area contributed by atoms with Gasteiger partial charge in [0.15, 0.2) is 0 Å². The van der Waals surface area contributed by atoms with Gasteiger partial charge in [0.2, 0.25) is 9.84 Å². The van der Waals surface area contributed by atoms with E-state index in [-0.39, 0.29) is 37.0 Å². The highest BCUT2D eigenvalue weighted by Gasteiger charge is 2.42. The van der Waals surface area contributed by atoms with E-state index in [2.05, 4.69) is 0 Å². The topological polar surface area (TPSA) is 127 Å². The van der Waals surface area contributed by atoms with Crippen LogP contribution in [0.5, 0.6) is 11.5 Å². The first-order chi connectivity index (χ1) is 20.2. The Balaban J connectivity index is 1.89. The number of ether oxygens (including phenoxy) is 3. The number of nitrogens with zero attached hydrogens (tertiary/aromatic N) is 1. The molecule has 0 aliphatic carbocycles. The van der Waals surface area contributed by atoms with Crippen LogP contribution in [-0.4, -0.2) is 39.8 Å². The van der Waals surface area contributed by atoms with Gasteiger partial charge in [0.25, 0.3) is 5.56 Å². The van der Waals surface area contributed by atoms with Gasteiger partial charge in [0.05, 0.1) is 41.7 Å². The van der Waals surface area contributed by atoms with Gasteiger partial charge in [0.1, 0.15) is 26.9 Å². The summed E-state index contributed by atoms with van der Waals surface area (Å²) in [7, 11) is -1.24. The molecule has 0 radical (unpaired) electrons. The van der Waals surface area contributed by atoms with E-state index in [1.54, 1.807) is 86.8 Å². The predicted octanol–water partition coefficient (Wildman–Crippen LogP) is 2.83. The molecule has 42 heavy (non-hydrogen) atoms. The molecule has 1 atom stereocenters. The lowest BCUT2D eigenvalue weighted by atomic mass is 9.89. The molecule has 1 aromatic heterocycles. The van der Waals surface area contributed by atoms with Crippen molar-refractivity contribution in [2.24, 2.45) is 5.73 Å². The number of hydrogen-bond donors (Lipinski definition) is 1. The maximum atomic E-state index is 14.3. The molecule has 0 amide bonds. The van der Waals surface area contributed by atoms with Crippen molar-refractivity contribution in [1.29, 1.82) is 0 Å². The Kier molecular flexibility index (Phi) is 8.06. The number of nitrogens with two attached hydrogens (primary N) is 1. The van der Waals surface area contributed by atoms with Crippen LogP contribution in [0.1, 0.15) is 24.0 Å². The Hall–Kier alpha value is -4.61. The molecule has 0 saturated carbocycles. The van der Waals surface area contributed by atoms with Gasteiger partial charge >= 0.3 is 5.97 Å². The molecule has 4 aromatic rings. The molecule has 11 heteroatoms. The van der Waals surface area contributed by atoms with E-state index in [4.69, 9.17) is 19.9 Å². The number of sulfone groups is 1. The summed E-state index contributed by atoms with van der Waals surface area (Å²) < 4.78 is 46.0. The number of fused-ring (bicyclic) bond motifs is 1. The highest BCUT2D eigenvalue weighted by Crippen LogP contribution is 2.42. The highest BCUT2D eigenvalue weighted by molar-refractivity contribution is 7.95. The fourth-order valence-electron chi connectivity index (χ4n) is 4.79. The van der Waals surface area contributed by atoms with Gasteiger partial charge in [-0.2, -0.15) is 0 Å². The summed E-state index contributed by atoms with van der Waals surface area (Å²) in [5, 5.41) is 0. The second-order valence-corrected chi connectivity index (χ2v) is 12.2. The molecule has 0 unspecified atom stereocenters. The van der Waals surface area contributed by atoms with Crippen molar-refractivity contribution in [3.05, 3.63) is 114 Å². The maximum absolute atomic E-state index is 14.3. The maximum Gasteiger partial charge on any atom is 0.338 e. The summed E-state index contributed by atoms with van der Waals surface area (Å²) >= 11 is 1.04. The van der Waals surface area contributed by atoms with Crippen molar-refractivity contribution in [3.8, 4) is 11.5 Å². The van der Waals surface area contributed by atoms with E-state index >= 15 is 0 Å². The zero-order chi connectivity index (χ0) is 30.0. The third-order valence-corrected chi connectivity index (χ3v) is 9.82. The Morgan fingerprint density at radius 2 is 1.55 bits per heavy atom. The van der Waals surface area contributed by atoms with Crippen LogP contribution < -0.4 is 30.0 Å². The van der Waals surface area contributed by atoms with Crippen molar-refractivity contribution in [2.45, 2.75) is 17.7 Å². The number of benzene rings is 3. The average molecular weight is 605 g/mol. The molecule has 0 saturated heterocycles. The summed E-state index contributed by atoms with van der Waals surface area (Å²) in [6.07, 6.45) is 1.65. The molecule has 0 bridgehead atoms. The third kappa shape index (κ3) is 5.12. The number of allylic oxidation sites excluding steroid dienone is 1. The summed E-state index contributed by atoms with van der Waals surface area (Å²) in [5.74, 6) is -0.999. The van der Waals surface area contributed by atoms with Crippen LogP contribution in [0.3, 0.4) is 0 Å². The molecule has 0 spiro atoms. The van der Waals surface area contributed by atoms with E-state index in [0.29, 0.717) is 22.6 Å². The van der Waals surface area contributed by atoms with Crippen molar-refractivity contribution in [1.82, 2.24) is 4.57 Å². The summed E-state index contributed by atoms with van der Waals surface area (Å²) in [6.45, 7) is 1.69. The van der Waals surface area contributed by atoms with Crippen LogP contribution in [0, 0.1) is 0 Å². The number of methoxy groups -OCH3 is 2. The van der Waals surface area contributed by atoms with Gasteiger partial charge in [-0.25, -0.2) is 13.2 Å². The molecule has 0 fully saturated rings. The first-order valence-electron chi connectivity index (χ1n) is 12.9. The smallest absolute Gasteiger partial charge is 0.338 e. The normalized spacial score (nSPS) is 15.4. The van der Waals surface area contributed by atoms with Crippen LogP contribution in [0.2, 0.25) is 0 Å². The van der Waals surface area contributed by atoms with E-state index < -0.39 is 27.3 Å². The first-order valence-corrected chi connectivity index (χ1v) is 15.2. The summed E-state index contributed by atoms with van der Waals surface area (Å²) in [6, 6.07) is 21.5. The van der Waals surface area contributed by atoms with E-state index in [0.717, 1.165) is 15.9 Å². The van der Waals surface area contributed by atoms with Crippen LogP contribution in [0.25, 0.3) is 17.5 Å². The SMILES string of the molecule is CCOC(=O)C1=c2s/c(=C\c3ccc(OC)cc3)c(=O)n2C(N)=C(S(=O)(=O)c2ccccc2)[C@@H]1c1ccc(OC)cc1. The number of carbonyl (C=O) groups excluding carboxylic acids is 1. The molecule has 5 rings (SSSR count). The number of aromatic nitrogens is 1. The molecular weight excluding hydrogens is 576 g/mol. The second-order valence-electron chi connectivity index (χ2n) is 9.24. The minimum absolute atomic E-state index is 0.00204. The molecule has 2 heterocycles. The molecule has 1 aliphatic heterocycles. The molecule has 3 aromatic carbocycles. The van der Waals surface area contributed by atoms with Crippen molar-refractivity contribution in [2.75, 3.05) is 20.8 Å². The van der Waals surface area contributed by atoms with Crippen molar-refractivity contribution in [3.63, 3.8) is 0 Å². The van der Waals surface area contributed by atoms with Crippen LogP contribution in [0.4, 0.5) is 0 Å². The lowest BCUT2D eigenvalue weighted by Gasteiger charge is -2.28. The molecule has 9 nitrogen and oxygen atoms in total. The lowest BCUT2D eigenvalue weighted by molar-refractivity contribution is -0.136. The molecule has 1 aliphatic rings. The van der Waals surface area contributed by atoms with E-state index in [1.807, 2.05) is 0 Å². The van der Waals surface area contributed by atoms with Gasteiger partial charge in [-0.1, -0.05) is 42.5 Å². The zero-order valence-electron chi connectivity index (χ0n) is 23.1. The summed E-state index contributed by atoms with van der Waals surface area (Å²) in [4.78, 5) is 27.2. The zero-order valence-corrected chi connectivity index (χ0v) is 24.7. The fourth-order valence-corrected chi connectivity index (χ4v) is 7.66. The number of hydrogen-bond acceptors (Lipinski definition) is 9. The third-order valence-electron chi connectivity index (χ3n) is 6.80. The average Bonchev–Trinajstić information content (AvgIpc) is 3.33. The summed E-state index contributed by atoms with van der Waals surface area (Å²) in [5.41, 5.74) is 7.24. The van der Waals surface area contributed by atoms with Crippen molar-refractivity contribution < 1.29 is 27.4 Å². The van der Waals surface area contributed by atoms with Crippen molar-refractivity contribution >= 4 is 44.6 Å². The van der Waals surface area contributed by atoms with E-state index in [9.17, 15) is 18.0 Å². The number of carbonyl (C=O) groups is 1. The van der Waals surface area contributed by atoms with Gasteiger partial charge < -0.3 is 19.9 Å². The van der Waals surface area contributed by atoms with Gasteiger partial charge in [-0.15, -0.1) is 11.3 Å². The van der Waals surface area contributed by atoms with Gasteiger partial charge in [-0.05, 0) is 60.5 Å². The fraction of sp³-hybridized carbons (Fsp3) is 0.161. The predicted molar refractivity (Wildman–Crippen MR) is 161 cm³/mol. The standard InChI is InChI=1S/C31H28N2O7S2/c1-4-40-31(35)26-25(20-12-16-22(39-3)17-13-20)27(42(36,37)23-8-6-5-7-9-23)28(32)33-29(34)24(41-30(26)33)18-19-10-14-21(38-2)15-11-19/h5-18,25H,4,32H2,1-3H3/b24-18-/t25-/m1/s1. The van der Waals surface area contributed by atoms with Crippen LogP contribution in [0.15, 0.2) is 93.5 Å². The minimum Gasteiger partial charge on any atom is -0.497 e. The molecular formula is C31H28N2O7S2. The van der Waals surface area contributed by atoms with Gasteiger partial charge in [-0.3, -0.25) is 9.36 Å². The van der Waals surface area contributed by atoms with Crippen LogP contribution >= 0.6 is 11.3 Å². The lowest BCUT2D eigenvalue weighted by Crippen LogP contribution is -2.41. The molecule has 2 N–H and O–H groups in total. The highest BCUT2D eigenvalue weighted by atomic mass is 32.2. The van der Waals surface area contributed by atoms with Gasteiger partial charge in [0, 0.05) is 0 Å². The Morgan fingerprint density at radius 3 is 2.12 bits per heavy atom. The van der Waals surface area contributed by atoms with Crippen LogP contribution in [-0.2, 0) is 19.4 Å². The Morgan fingerprint density at radius 1 is 0.952 bits per heavy atom. The molecule has 216 valence electrons. The Labute approximate surface area is 246 Å². The van der Waals surface area contributed by atoms with E-state index in [1.165, 1.54) is 19.2 Å². The monoisotopic (exact) mass is 604 g/mol. The number of esters is 1. The first kappa shape index (κ1) is 28.9. The number of rotatable bonds is 8. The number of thiazole rings is 1. The minimum atomic E-state index is -4.31. The largest absolute Gasteiger partial charge is 0.497 e. The second kappa shape index (κ2) is 11.7.